The van der Waals surface area contributed by atoms with Gasteiger partial charge in [-0.3, -0.25) is 14.5 Å². The number of benzene rings is 2. The number of nitrogens with zero attached hydrogens (tertiary/aromatic N) is 2. The molecule has 1 aromatic heterocycles. The Morgan fingerprint density at radius 3 is 2.62 bits per heavy atom. The zero-order valence-corrected chi connectivity index (χ0v) is 24.7. The lowest BCUT2D eigenvalue weighted by Gasteiger charge is -2.37. The summed E-state index contributed by atoms with van der Waals surface area (Å²) in [6.07, 6.45) is 7.33. The summed E-state index contributed by atoms with van der Waals surface area (Å²) in [7, 11) is 0. The molecule has 1 saturated heterocycles. The van der Waals surface area contributed by atoms with Gasteiger partial charge < -0.3 is 20.7 Å². The van der Waals surface area contributed by atoms with Gasteiger partial charge in [0.05, 0.1) is 5.69 Å². The first-order valence-electron chi connectivity index (χ1n) is 13.8. The second-order valence-electron chi connectivity index (χ2n) is 10.5. The number of rotatable bonds is 8. The van der Waals surface area contributed by atoms with Crippen LogP contribution in [0, 0.1) is 0 Å². The summed E-state index contributed by atoms with van der Waals surface area (Å²) < 4.78 is 5.73. The average molecular weight is 602 g/mol. The number of thiazole rings is 1. The number of dihydropyridines is 1. The fraction of sp³-hybridized carbons (Fsp3) is 0.290. The van der Waals surface area contributed by atoms with Crippen LogP contribution in [0.4, 0.5) is 9.93 Å². The summed E-state index contributed by atoms with van der Waals surface area (Å²) in [6.45, 7) is 2.70. The van der Waals surface area contributed by atoms with Gasteiger partial charge in [-0.05, 0) is 55.3 Å². The van der Waals surface area contributed by atoms with Crippen molar-refractivity contribution in [3.63, 3.8) is 0 Å². The third kappa shape index (κ3) is 6.07. The Labute approximate surface area is 252 Å². The third-order valence-corrected chi connectivity index (χ3v) is 9.68. The fourth-order valence-electron chi connectivity index (χ4n) is 4.93. The van der Waals surface area contributed by atoms with Crippen molar-refractivity contribution in [3.05, 3.63) is 95.0 Å². The molecule has 3 aromatic rings. The van der Waals surface area contributed by atoms with Gasteiger partial charge in [0.15, 0.2) is 5.13 Å². The molecule has 3 aliphatic rings. The number of thioether (sulfide) groups is 1. The fourth-order valence-corrected chi connectivity index (χ4v) is 7.09. The number of anilines is 1. The number of ether oxygens (including phenoxy) is 1. The summed E-state index contributed by atoms with van der Waals surface area (Å²) in [5, 5.41) is 11.3. The van der Waals surface area contributed by atoms with Gasteiger partial charge in [0, 0.05) is 34.8 Å². The lowest BCUT2D eigenvalue weighted by atomic mass is 10.0. The summed E-state index contributed by atoms with van der Waals surface area (Å²) in [6, 6.07) is 16.3. The van der Waals surface area contributed by atoms with Crippen molar-refractivity contribution in [2.45, 2.75) is 43.3 Å². The number of hydrogen-bond acceptors (Lipinski definition) is 8. The first-order valence-corrected chi connectivity index (χ1v) is 15.7. The molecule has 3 heterocycles. The molecule has 1 unspecified atom stereocenters. The van der Waals surface area contributed by atoms with Crippen LogP contribution >= 0.6 is 23.1 Å². The second-order valence-corrected chi connectivity index (χ2v) is 12.7. The van der Waals surface area contributed by atoms with Crippen molar-refractivity contribution in [3.8, 4) is 11.3 Å². The largest absolute Gasteiger partial charge is 0.444 e. The van der Waals surface area contributed by atoms with Crippen LogP contribution in [0.1, 0.15) is 35.7 Å². The van der Waals surface area contributed by atoms with Gasteiger partial charge in [0.2, 0.25) is 5.91 Å². The molecule has 2 aromatic carbocycles. The highest BCUT2D eigenvalue weighted by Crippen LogP contribution is 2.46. The van der Waals surface area contributed by atoms with Crippen molar-refractivity contribution >= 4 is 46.1 Å². The number of amides is 3. The number of aromatic nitrogens is 1. The summed E-state index contributed by atoms with van der Waals surface area (Å²) >= 11 is 2.85. The highest BCUT2D eigenvalue weighted by atomic mass is 32.2. The van der Waals surface area contributed by atoms with E-state index in [-0.39, 0.29) is 18.4 Å². The Balaban J connectivity index is 1.16. The predicted octanol–water partition coefficient (Wildman–Crippen LogP) is 5.15. The molecule has 1 saturated carbocycles. The predicted molar refractivity (Wildman–Crippen MR) is 165 cm³/mol. The first-order chi connectivity index (χ1) is 20.4. The molecular weight excluding hydrogens is 571 g/mol. The van der Waals surface area contributed by atoms with Gasteiger partial charge in [-0.15, -0.1) is 23.1 Å². The zero-order valence-electron chi connectivity index (χ0n) is 23.0. The van der Waals surface area contributed by atoms with E-state index >= 15 is 0 Å². The van der Waals surface area contributed by atoms with E-state index in [0.717, 1.165) is 29.5 Å². The molecule has 1 aliphatic carbocycles. The molecule has 2 fully saturated rings. The number of hydrogen-bond donors (Lipinski definition) is 3. The van der Waals surface area contributed by atoms with Crippen LogP contribution in [0.15, 0.2) is 83.9 Å². The minimum absolute atomic E-state index is 0.0701. The zero-order chi connectivity index (χ0) is 29.1. The molecular formula is C31H31N5O4S2. The molecule has 42 heavy (non-hydrogen) atoms. The van der Waals surface area contributed by atoms with Gasteiger partial charge in [-0.2, -0.15) is 0 Å². The minimum Gasteiger partial charge on any atom is -0.444 e. The SMILES string of the molecule is CC1(C2=CCNC=C2)SC[C@@H](C(=O)Nc2nc(-c3ccc(C(=O)NC4CC4)cc3)cs2)N1C(=O)OCc1ccccc1. The lowest BCUT2D eigenvalue weighted by Crippen LogP contribution is -2.53. The quantitative estimate of drug-likeness (QED) is 0.327. The highest BCUT2D eigenvalue weighted by molar-refractivity contribution is 8.01. The van der Waals surface area contributed by atoms with Crippen molar-refractivity contribution in [2.24, 2.45) is 0 Å². The maximum atomic E-state index is 13.6. The van der Waals surface area contributed by atoms with E-state index in [0.29, 0.717) is 34.7 Å². The van der Waals surface area contributed by atoms with Crippen LogP contribution in [0.25, 0.3) is 11.3 Å². The Morgan fingerprint density at radius 1 is 1.12 bits per heavy atom. The van der Waals surface area contributed by atoms with Crippen LogP contribution in [-0.2, 0) is 16.1 Å². The van der Waals surface area contributed by atoms with Crippen LogP contribution in [0.3, 0.4) is 0 Å². The molecule has 0 spiro atoms. The van der Waals surface area contributed by atoms with E-state index in [9.17, 15) is 14.4 Å². The minimum atomic E-state index is -0.782. The molecule has 2 aliphatic heterocycles. The van der Waals surface area contributed by atoms with Crippen LogP contribution < -0.4 is 16.0 Å². The standard InChI is InChI=1S/C31H31N5O4S2/c1-31(23-13-15-32-16-14-23)36(30(39)40-17-20-5-3-2-4-6-20)26(19-42-31)28(38)35-29-34-25(18-41-29)21-7-9-22(10-8-21)27(37)33-24-11-12-24/h2-10,13-15,18,24,26,32H,11-12,16-17,19H2,1H3,(H,33,37)(H,34,35,38)/t26-,31?/m0/s1. The number of carbonyl (C=O) groups excluding carboxylic acids is 3. The maximum Gasteiger partial charge on any atom is 0.412 e. The third-order valence-electron chi connectivity index (χ3n) is 7.44. The van der Waals surface area contributed by atoms with Crippen LogP contribution in [-0.4, -0.2) is 57.0 Å². The molecule has 2 atom stereocenters. The first kappa shape index (κ1) is 28.0. The van der Waals surface area contributed by atoms with Gasteiger partial charge in [0.25, 0.3) is 5.91 Å². The van der Waals surface area contributed by atoms with Crippen LogP contribution in [0.2, 0.25) is 0 Å². The van der Waals surface area contributed by atoms with Crippen LogP contribution in [0.5, 0.6) is 0 Å². The normalized spacial score (nSPS) is 21.3. The molecule has 216 valence electrons. The van der Waals surface area contributed by atoms with E-state index < -0.39 is 17.0 Å². The lowest BCUT2D eigenvalue weighted by molar-refractivity contribution is -0.120. The van der Waals surface area contributed by atoms with Crippen molar-refractivity contribution in [1.29, 1.82) is 0 Å². The average Bonchev–Trinajstić information content (AvgIpc) is 3.58. The molecule has 3 N–H and O–H groups in total. The Bertz CT molecular complexity index is 1530. The van der Waals surface area contributed by atoms with Gasteiger partial charge >= 0.3 is 6.09 Å². The van der Waals surface area contributed by atoms with Crippen molar-refractivity contribution in [1.82, 2.24) is 20.5 Å². The van der Waals surface area contributed by atoms with Crippen molar-refractivity contribution in [2.75, 3.05) is 17.6 Å². The van der Waals surface area contributed by atoms with Gasteiger partial charge in [0.1, 0.15) is 17.5 Å². The van der Waals surface area contributed by atoms with Gasteiger partial charge in [-0.25, -0.2) is 9.78 Å². The summed E-state index contributed by atoms with van der Waals surface area (Å²) in [5.74, 6) is 0.0120. The maximum absolute atomic E-state index is 13.6. The van der Waals surface area contributed by atoms with E-state index in [1.165, 1.54) is 23.1 Å². The molecule has 0 bridgehead atoms. The molecule has 3 amide bonds. The molecule has 6 rings (SSSR count). The second kappa shape index (κ2) is 12.0. The molecule has 11 heteroatoms. The van der Waals surface area contributed by atoms with Gasteiger partial charge in [-0.1, -0.05) is 48.5 Å². The Hall–Kier alpha value is -4.09. The van der Waals surface area contributed by atoms with E-state index in [1.54, 1.807) is 17.0 Å². The molecule has 0 radical (unpaired) electrons. The topological polar surface area (TPSA) is 113 Å². The van der Waals surface area contributed by atoms with Crippen molar-refractivity contribution < 1.29 is 19.1 Å². The number of carbonyl (C=O) groups is 3. The smallest absolute Gasteiger partial charge is 0.412 e. The Morgan fingerprint density at radius 2 is 1.90 bits per heavy atom. The number of nitrogens with one attached hydrogen (secondary N) is 3. The monoisotopic (exact) mass is 601 g/mol. The van der Waals surface area contributed by atoms with E-state index in [1.807, 2.05) is 73.1 Å². The summed E-state index contributed by atoms with van der Waals surface area (Å²) in [5.41, 5.74) is 3.94. The molecule has 9 nitrogen and oxygen atoms in total. The summed E-state index contributed by atoms with van der Waals surface area (Å²) in [4.78, 5) is 44.9. The highest BCUT2D eigenvalue weighted by Gasteiger charge is 2.52. The Kier molecular flexibility index (Phi) is 8.03. The van der Waals surface area contributed by atoms with E-state index in [2.05, 4.69) is 20.9 Å². The van der Waals surface area contributed by atoms with E-state index in [4.69, 9.17) is 4.74 Å².